The number of aromatic nitrogens is 1. The largest absolute Gasteiger partial charge is 0.433 e. The summed E-state index contributed by atoms with van der Waals surface area (Å²) in [6, 6.07) is 4.30. The molecule has 0 radical (unpaired) electrons. The zero-order valence-corrected chi connectivity index (χ0v) is 9.48. The molecule has 0 bridgehead atoms. The number of nitrogens with one attached hydrogen (secondary N) is 1. The molecule has 0 saturated carbocycles. The van der Waals surface area contributed by atoms with Crippen molar-refractivity contribution in [2.75, 3.05) is 5.32 Å². The third kappa shape index (κ3) is 3.20. The molecule has 2 nitrogen and oxygen atoms in total. The number of anilines is 1. The molecule has 2 rings (SSSR count). The molecule has 0 saturated heterocycles. The fraction of sp³-hybridized carbons (Fsp3) is 0.182. The summed E-state index contributed by atoms with van der Waals surface area (Å²) in [6.45, 7) is 0.580. The van der Waals surface area contributed by atoms with Gasteiger partial charge in [0.15, 0.2) is 0 Å². The van der Waals surface area contributed by atoms with E-state index in [0.717, 1.165) is 11.6 Å². The van der Waals surface area contributed by atoms with E-state index in [9.17, 15) is 13.2 Å². The van der Waals surface area contributed by atoms with Gasteiger partial charge in [-0.1, -0.05) is 0 Å². The third-order valence-electron chi connectivity index (χ3n) is 2.13. The summed E-state index contributed by atoms with van der Waals surface area (Å²) in [5.41, 5.74) is 0.790. The van der Waals surface area contributed by atoms with E-state index < -0.39 is 11.9 Å². The molecule has 0 aliphatic rings. The highest BCUT2D eigenvalue weighted by molar-refractivity contribution is 7.07. The van der Waals surface area contributed by atoms with Gasteiger partial charge >= 0.3 is 6.18 Å². The summed E-state index contributed by atoms with van der Waals surface area (Å²) in [5, 5.41) is 6.93. The molecular formula is C11H9F3N2S. The minimum atomic E-state index is -4.38. The maximum Gasteiger partial charge on any atom is 0.433 e. The van der Waals surface area contributed by atoms with Crippen LogP contribution in [0.4, 0.5) is 18.9 Å². The Kier molecular flexibility index (Phi) is 3.33. The molecule has 90 valence electrons. The van der Waals surface area contributed by atoms with E-state index in [4.69, 9.17) is 0 Å². The molecule has 0 aliphatic heterocycles. The fourth-order valence-electron chi connectivity index (χ4n) is 1.26. The zero-order chi connectivity index (χ0) is 12.3. The van der Waals surface area contributed by atoms with Gasteiger partial charge in [-0.3, -0.25) is 0 Å². The number of hydrogen-bond donors (Lipinski definition) is 1. The minimum absolute atomic E-state index is 0.573. The summed E-state index contributed by atoms with van der Waals surface area (Å²) >= 11 is 1.58. The summed E-state index contributed by atoms with van der Waals surface area (Å²) in [4.78, 5) is 3.36. The normalized spacial score (nSPS) is 11.5. The van der Waals surface area contributed by atoms with Crippen molar-refractivity contribution in [1.29, 1.82) is 0 Å². The number of pyridine rings is 1. The van der Waals surface area contributed by atoms with Gasteiger partial charge in [-0.15, -0.1) is 0 Å². The van der Waals surface area contributed by atoms with Gasteiger partial charge < -0.3 is 5.32 Å². The lowest BCUT2D eigenvalue weighted by molar-refractivity contribution is -0.141. The molecule has 17 heavy (non-hydrogen) atoms. The van der Waals surface area contributed by atoms with Crippen molar-refractivity contribution in [2.24, 2.45) is 0 Å². The molecule has 0 aromatic carbocycles. The summed E-state index contributed by atoms with van der Waals surface area (Å²) < 4.78 is 36.7. The van der Waals surface area contributed by atoms with Crippen LogP contribution >= 0.6 is 11.3 Å². The standard InChI is InChI=1S/C11H9F3N2S/c12-11(13,14)10-2-1-9(6-16-10)15-5-8-3-4-17-7-8/h1-4,6-7,15H,5H2. The number of alkyl halides is 3. The SMILES string of the molecule is FC(F)(F)c1ccc(NCc2ccsc2)cn1. The van der Waals surface area contributed by atoms with E-state index in [2.05, 4.69) is 10.3 Å². The quantitative estimate of drug-likeness (QED) is 0.906. The lowest BCUT2D eigenvalue weighted by atomic mass is 10.3. The first kappa shape index (κ1) is 11.9. The fourth-order valence-corrected chi connectivity index (χ4v) is 1.93. The van der Waals surface area contributed by atoms with Gasteiger partial charge in [0, 0.05) is 6.54 Å². The smallest absolute Gasteiger partial charge is 0.380 e. The van der Waals surface area contributed by atoms with Crippen LogP contribution in [0.5, 0.6) is 0 Å². The van der Waals surface area contributed by atoms with Crippen molar-refractivity contribution < 1.29 is 13.2 Å². The van der Waals surface area contributed by atoms with Gasteiger partial charge in [-0.05, 0) is 34.5 Å². The van der Waals surface area contributed by atoms with Crippen LogP contribution in [0, 0.1) is 0 Å². The second-order valence-electron chi connectivity index (χ2n) is 3.42. The highest BCUT2D eigenvalue weighted by Crippen LogP contribution is 2.27. The molecule has 6 heteroatoms. The molecule has 0 spiro atoms. The molecule has 1 N–H and O–H groups in total. The Hall–Kier alpha value is -1.56. The summed E-state index contributed by atoms with van der Waals surface area (Å²) in [6.07, 6.45) is -3.19. The number of rotatable bonds is 3. The monoisotopic (exact) mass is 258 g/mol. The first-order valence-corrected chi connectivity index (χ1v) is 5.78. The van der Waals surface area contributed by atoms with Gasteiger partial charge in [0.25, 0.3) is 0 Å². The van der Waals surface area contributed by atoms with Crippen molar-refractivity contribution in [3.05, 3.63) is 46.4 Å². The third-order valence-corrected chi connectivity index (χ3v) is 2.86. The van der Waals surface area contributed by atoms with Crippen LogP contribution in [0.15, 0.2) is 35.2 Å². The van der Waals surface area contributed by atoms with E-state index in [0.29, 0.717) is 12.2 Å². The number of hydrogen-bond acceptors (Lipinski definition) is 3. The molecule has 0 aliphatic carbocycles. The van der Waals surface area contributed by atoms with Crippen LogP contribution in [0.3, 0.4) is 0 Å². The van der Waals surface area contributed by atoms with E-state index in [-0.39, 0.29) is 0 Å². The Morgan fingerprint density at radius 2 is 2.06 bits per heavy atom. The molecule has 0 fully saturated rings. The molecule has 0 atom stereocenters. The Labute approximate surface area is 100 Å². The van der Waals surface area contributed by atoms with Crippen LogP contribution in [0.2, 0.25) is 0 Å². The summed E-state index contributed by atoms with van der Waals surface area (Å²) in [7, 11) is 0. The molecule has 2 heterocycles. The Balaban J connectivity index is 1.99. The summed E-state index contributed by atoms with van der Waals surface area (Å²) in [5.74, 6) is 0. The predicted molar refractivity (Wildman–Crippen MR) is 60.9 cm³/mol. The maximum atomic E-state index is 12.2. The van der Waals surface area contributed by atoms with E-state index in [1.54, 1.807) is 11.3 Å². The minimum Gasteiger partial charge on any atom is -0.380 e. The van der Waals surface area contributed by atoms with Crippen molar-refractivity contribution in [2.45, 2.75) is 12.7 Å². The second kappa shape index (κ2) is 4.75. The Morgan fingerprint density at radius 1 is 1.24 bits per heavy atom. The van der Waals surface area contributed by atoms with Crippen molar-refractivity contribution in [1.82, 2.24) is 4.98 Å². The van der Waals surface area contributed by atoms with E-state index >= 15 is 0 Å². The van der Waals surface area contributed by atoms with Crippen LogP contribution in [-0.2, 0) is 12.7 Å². The first-order chi connectivity index (χ1) is 8.05. The molecular weight excluding hydrogens is 249 g/mol. The van der Waals surface area contributed by atoms with Crippen LogP contribution in [0.1, 0.15) is 11.3 Å². The number of nitrogens with zero attached hydrogens (tertiary/aromatic N) is 1. The molecule has 0 amide bonds. The molecule has 2 aromatic heterocycles. The lowest BCUT2D eigenvalue weighted by Gasteiger charge is -2.07. The topological polar surface area (TPSA) is 24.9 Å². The average molecular weight is 258 g/mol. The molecule has 0 unspecified atom stereocenters. The number of thiophene rings is 1. The number of halogens is 3. The Bertz CT molecular complexity index is 462. The van der Waals surface area contributed by atoms with Crippen LogP contribution in [0.25, 0.3) is 0 Å². The Morgan fingerprint density at radius 3 is 2.59 bits per heavy atom. The van der Waals surface area contributed by atoms with Gasteiger partial charge in [-0.2, -0.15) is 24.5 Å². The average Bonchev–Trinajstić information content (AvgIpc) is 2.78. The van der Waals surface area contributed by atoms with Crippen molar-refractivity contribution in [3.63, 3.8) is 0 Å². The van der Waals surface area contributed by atoms with Gasteiger partial charge in [-0.25, -0.2) is 4.98 Å². The van der Waals surface area contributed by atoms with Gasteiger partial charge in [0.05, 0.1) is 11.9 Å². The van der Waals surface area contributed by atoms with E-state index in [1.807, 2.05) is 16.8 Å². The molecule has 2 aromatic rings. The van der Waals surface area contributed by atoms with Gasteiger partial charge in [0.1, 0.15) is 5.69 Å². The highest BCUT2D eigenvalue weighted by atomic mass is 32.1. The van der Waals surface area contributed by atoms with Crippen LogP contribution in [-0.4, -0.2) is 4.98 Å². The highest BCUT2D eigenvalue weighted by Gasteiger charge is 2.31. The maximum absolute atomic E-state index is 12.2. The van der Waals surface area contributed by atoms with Crippen molar-refractivity contribution >= 4 is 17.0 Å². The van der Waals surface area contributed by atoms with Crippen LogP contribution < -0.4 is 5.32 Å². The van der Waals surface area contributed by atoms with E-state index in [1.165, 1.54) is 12.3 Å². The second-order valence-corrected chi connectivity index (χ2v) is 4.20. The van der Waals surface area contributed by atoms with Gasteiger partial charge in [0.2, 0.25) is 0 Å². The van der Waals surface area contributed by atoms with Crippen molar-refractivity contribution in [3.8, 4) is 0 Å². The predicted octanol–water partition coefficient (Wildman–Crippen LogP) is 3.77. The first-order valence-electron chi connectivity index (χ1n) is 4.84. The zero-order valence-electron chi connectivity index (χ0n) is 8.66. The lowest BCUT2D eigenvalue weighted by Crippen LogP contribution is -2.08.